The molecule has 11 rings (SSSR count). The van der Waals surface area contributed by atoms with Crippen molar-refractivity contribution in [3.8, 4) is 0 Å². The van der Waals surface area contributed by atoms with Gasteiger partial charge in [0, 0.05) is 60.7 Å². The van der Waals surface area contributed by atoms with E-state index in [9.17, 15) is 29.1 Å². The van der Waals surface area contributed by atoms with Gasteiger partial charge in [0.1, 0.15) is 6.33 Å². The third kappa shape index (κ3) is 8.18. The van der Waals surface area contributed by atoms with Crippen molar-refractivity contribution in [1.29, 1.82) is 0 Å². The molecule has 10 aliphatic rings. The van der Waals surface area contributed by atoms with Crippen LogP contribution in [0, 0.1) is 114 Å². The highest BCUT2D eigenvalue weighted by molar-refractivity contribution is 6.04. The van der Waals surface area contributed by atoms with Crippen LogP contribution in [0.25, 0.3) is 9.69 Å². The van der Waals surface area contributed by atoms with Crippen LogP contribution in [0.5, 0.6) is 0 Å². The Morgan fingerprint density at radius 3 is 1.46 bits per heavy atom. The molecule has 10 aliphatic carbocycles. The minimum atomic E-state index is -0.666. The molecule has 0 saturated heterocycles. The molecule has 1 N–H and O–H groups in total. The van der Waals surface area contributed by atoms with Gasteiger partial charge in [0.2, 0.25) is 11.4 Å². The maximum absolute atomic E-state index is 14.6. The van der Waals surface area contributed by atoms with Gasteiger partial charge in [-0.05, 0) is 164 Å². The number of Topliss-reactive ketones (excluding diaryl/α,β-unsaturated/α-hetero) is 2. The van der Waals surface area contributed by atoms with E-state index >= 15 is 0 Å². The van der Waals surface area contributed by atoms with Gasteiger partial charge < -0.3 is 19.4 Å². The molecule has 0 aromatic carbocycles. The molecule has 6 saturated carbocycles. The van der Waals surface area contributed by atoms with Gasteiger partial charge in [-0.3, -0.25) is 9.59 Å². The van der Waals surface area contributed by atoms with Crippen molar-refractivity contribution in [3.63, 3.8) is 0 Å². The average Bonchev–Trinajstić information content (AvgIpc) is 4.04. The number of carbonyl (C=O) groups excluding carboxylic acids is 5. The van der Waals surface area contributed by atoms with E-state index in [-0.39, 0.29) is 120 Å². The highest BCUT2D eigenvalue weighted by Crippen LogP contribution is 2.77. The van der Waals surface area contributed by atoms with Crippen LogP contribution in [0.4, 0.5) is 4.79 Å². The van der Waals surface area contributed by atoms with Gasteiger partial charge in [-0.25, -0.2) is 24.0 Å². The van der Waals surface area contributed by atoms with Crippen molar-refractivity contribution in [2.75, 3.05) is 13.2 Å². The van der Waals surface area contributed by atoms with E-state index in [1.54, 1.807) is 12.4 Å². The zero-order chi connectivity index (χ0) is 60.3. The smallest absolute Gasteiger partial charge is 0.419 e. The molecule has 0 spiro atoms. The Labute approximate surface area is 477 Å². The standard InChI is InChI=1S/C35H45N3O4.C31H43NO3.2CH4/c1-30(2)11-13-35(20-42-29(41)38-16-15-37-21-38)14-12-34(7)27(22(35)18-30)24(39)17-26-32(5)19-23(36-8)28(40)31(3,4)25(32)9-10-33(26,34)6;1-26(2)11-13-31(18-33)14-12-30(7)24(19(31)16-26)21(34)15-23-28(5)17-20(32-8)25(35)27(3,4)22(28)9-10-29(23,30)6;;/h15-17,19,21-22,25,27H,9-14,18,20H2,1-7H3;15,17,19,22,24,33H,9-14,16,18H2,1-7H3;2*1H4/t22-,25-,27-,32-,33+,34+,35+;19-,22-,24-,28-,29+,30+,31+;;/m00../s1/i;;2*1T. The topological polar surface area (TPSA) is 141 Å². The van der Waals surface area contributed by atoms with Crippen molar-refractivity contribution in [1.82, 2.24) is 9.55 Å². The predicted octanol–water partition coefficient (Wildman–Crippen LogP) is 15.3. The number of nitrogens with zero attached hydrogens (tertiary/aromatic N) is 4. The normalized spacial score (nSPS) is 43.5. The van der Waals surface area contributed by atoms with Crippen LogP contribution in [-0.4, -0.2) is 57.1 Å². The number of hydrogen-bond donors (Lipinski definition) is 1. The first kappa shape index (κ1) is 57.5. The Bertz CT molecular complexity index is 2970. The van der Waals surface area contributed by atoms with Crippen LogP contribution in [0.2, 0.25) is 0 Å². The van der Waals surface area contributed by atoms with Crippen LogP contribution in [0.3, 0.4) is 0 Å². The Kier molecular flexibility index (Phi) is 13.8. The molecule has 0 aliphatic heterocycles. The summed E-state index contributed by atoms with van der Waals surface area (Å²) >= 11 is 0. The first-order valence-corrected chi connectivity index (χ1v) is 29.3. The number of fused-ring (bicyclic) bond motifs is 14. The summed E-state index contributed by atoms with van der Waals surface area (Å²) in [4.78, 5) is 79.5. The molecule has 0 amide bonds. The van der Waals surface area contributed by atoms with Gasteiger partial charge in [0.05, 0.1) is 19.8 Å². The number of rotatable bonds is 3. The SMILES string of the molecule is [3H]C.[3H]C.[C-]#[N+]C1=C[C@]2(C)C3=CC(=O)[C@@H]4[C@@H]5CC(C)(C)CC[C@]5(CO)CC[C@@]4(C)[C@]3(C)CC[C@H]2C(C)(C)C1=O.[C-]#[N+]C1=C[C@]2(C)C3=CC(=O)[C@@H]4[C@@H]5CC(C)(C)CC[C@]5(COC(=O)n5ccnc5)CC[C@@]4(C)[C@]3(C)CC[C@H]2C(C)(C)C1=O. The van der Waals surface area contributed by atoms with Crippen molar-refractivity contribution >= 4 is 29.2 Å². The molecule has 1 aromatic rings. The Hall–Kier alpha value is -4.74. The fourth-order valence-corrected chi connectivity index (χ4v) is 20.6. The molecule has 11 heteroatoms. The lowest BCUT2D eigenvalue weighted by Gasteiger charge is -2.69. The number of ether oxygens (including phenoxy) is 1. The lowest BCUT2D eigenvalue weighted by atomic mass is 9.34. The van der Waals surface area contributed by atoms with Gasteiger partial charge in [-0.1, -0.05) is 135 Å². The van der Waals surface area contributed by atoms with Crippen molar-refractivity contribution < 1.29 is 36.6 Å². The van der Waals surface area contributed by atoms with E-state index in [0.717, 1.165) is 101 Å². The monoisotopic (exact) mass is 1080 g/mol. The third-order valence-corrected chi connectivity index (χ3v) is 25.6. The third-order valence-electron chi connectivity index (χ3n) is 25.6. The number of aliphatic hydroxyl groups is 1. The lowest BCUT2D eigenvalue weighted by molar-refractivity contribution is -0.178. The van der Waals surface area contributed by atoms with E-state index in [2.05, 4.69) is 83.9 Å². The summed E-state index contributed by atoms with van der Waals surface area (Å²) in [5, 5.41) is 10.6. The fraction of sp³-hybridized carbons (Fsp3) is 0.735. The molecule has 14 atom stereocenters. The van der Waals surface area contributed by atoms with Gasteiger partial charge in [0.25, 0.3) is 0 Å². The molecular formula is C68H96N4O7. The second-order valence-corrected chi connectivity index (χ2v) is 30.9. The molecule has 11 nitrogen and oxygen atoms in total. The molecule has 0 bridgehead atoms. The number of aliphatic hydroxyl groups excluding tert-OH is 1. The highest BCUT2D eigenvalue weighted by atomic mass is 16.5. The maximum Gasteiger partial charge on any atom is 0.419 e. The van der Waals surface area contributed by atoms with Crippen LogP contribution in [0.1, 0.15) is 204 Å². The fourth-order valence-electron chi connectivity index (χ4n) is 20.6. The molecule has 0 unspecified atom stereocenters. The van der Waals surface area contributed by atoms with Crippen molar-refractivity contribution in [2.45, 2.75) is 202 Å². The number of hydrogen-bond acceptors (Lipinski definition) is 8. The Balaban J connectivity index is 0.000000203. The predicted molar refractivity (Wildman–Crippen MR) is 309 cm³/mol. The van der Waals surface area contributed by atoms with E-state index in [1.807, 2.05) is 52.0 Å². The van der Waals surface area contributed by atoms with E-state index in [0.29, 0.717) is 6.61 Å². The summed E-state index contributed by atoms with van der Waals surface area (Å²) in [5.74, 6) is 0.412. The summed E-state index contributed by atoms with van der Waals surface area (Å²) in [5.41, 5.74) is -0.628. The molecular weight excluding hydrogens is 985 g/mol. The van der Waals surface area contributed by atoms with Crippen LogP contribution in [0.15, 0.2) is 65.6 Å². The minimum Gasteiger partial charge on any atom is -0.448 e. The van der Waals surface area contributed by atoms with Gasteiger partial charge in [-0.15, -0.1) is 0 Å². The molecule has 1 aromatic heterocycles. The van der Waals surface area contributed by atoms with Gasteiger partial charge in [0.15, 0.2) is 23.1 Å². The highest BCUT2D eigenvalue weighted by Gasteiger charge is 2.72. The molecule has 1 heterocycles. The largest absolute Gasteiger partial charge is 0.448 e. The number of carbonyl (C=O) groups is 5. The molecule has 0 radical (unpaired) electrons. The van der Waals surface area contributed by atoms with E-state index in [1.165, 1.54) is 25.7 Å². The first-order chi connectivity index (χ1) is 37.7. The van der Waals surface area contributed by atoms with Gasteiger partial charge >= 0.3 is 6.09 Å². The molecule has 79 heavy (non-hydrogen) atoms. The number of allylic oxidation sites excluding steroid dienone is 8. The maximum atomic E-state index is 14.6. The summed E-state index contributed by atoms with van der Waals surface area (Å²) in [7, 11) is 2.50. The van der Waals surface area contributed by atoms with E-state index < -0.39 is 27.8 Å². The number of imidazole rings is 1. The Morgan fingerprint density at radius 1 is 0.646 bits per heavy atom. The molecule has 6 fully saturated rings. The quantitative estimate of drug-likeness (QED) is 0.295. The first-order valence-electron chi connectivity index (χ1n) is 31.3. The van der Waals surface area contributed by atoms with Gasteiger partial charge in [-0.2, -0.15) is 0 Å². The summed E-state index contributed by atoms with van der Waals surface area (Å²) in [6.45, 7) is 47.0. The van der Waals surface area contributed by atoms with E-state index in [4.69, 9.17) is 20.6 Å². The van der Waals surface area contributed by atoms with Crippen LogP contribution < -0.4 is 0 Å². The number of aromatic nitrogens is 2. The summed E-state index contributed by atoms with van der Waals surface area (Å²) in [6.07, 6.45) is 25.3. The average molecular weight is 1090 g/mol. The van der Waals surface area contributed by atoms with Crippen LogP contribution >= 0.6 is 0 Å². The second-order valence-electron chi connectivity index (χ2n) is 30.9. The summed E-state index contributed by atoms with van der Waals surface area (Å²) in [6, 6.07) is 0. The summed E-state index contributed by atoms with van der Waals surface area (Å²) < 4.78 is 18.8. The number of ketones is 4. The Morgan fingerprint density at radius 2 is 1.05 bits per heavy atom. The van der Waals surface area contributed by atoms with Crippen LogP contribution in [-0.2, 0) is 23.9 Å². The van der Waals surface area contributed by atoms with Crippen molar-refractivity contribution in [2.24, 2.45) is 100 Å². The minimum absolute atomic E-state index is 0.0363. The zero-order valence-corrected chi connectivity index (χ0v) is 51.0. The second kappa shape index (κ2) is 18.9. The van der Waals surface area contributed by atoms with Crippen molar-refractivity contribution in [3.05, 3.63) is 88.4 Å². The lowest BCUT2D eigenvalue weighted by Crippen LogP contribution is -2.65. The zero-order valence-electron chi connectivity index (χ0n) is 53.0. The molecule has 430 valence electrons.